The average Bonchev–Trinajstić information content (AvgIpc) is 2.43. The first-order valence-corrected chi connectivity index (χ1v) is 7.39. The molecule has 1 N–H and O–H groups in total. The van der Waals surface area contributed by atoms with Crippen LogP contribution in [0.2, 0.25) is 0 Å². The Morgan fingerprint density at radius 3 is 2.60 bits per heavy atom. The molecule has 1 heterocycles. The fourth-order valence-corrected chi connectivity index (χ4v) is 1.70. The molecule has 0 aliphatic carbocycles. The zero-order valence-electron chi connectivity index (χ0n) is 13.3. The highest BCUT2D eigenvalue weighted by Crippen LogP contribution is 2.19. The molecule has 20 heavy (non-hydrogen) atoms. The van der Waals surface area contributed by atoms with Gasteiger partial charge in [0.2, 0.25) is 0 Å². The topological polar surface area (TPSA) is 56.3 Å². The van der Waals surface area contributed by atoms with Gasteiger partial charge in [-0.05, 0) is 20.4 Å². The summed E-state index contributed by atoms with van der Waals surface area (Å²) in [6, 6.07) is 0. The molecule has 5 nitrogen and oxygen atoms in total. The van der Waals surface area contributed by atoms with Crippen LogP contribution < -0.4 is 10.1 Å². The van der Waals surface area contributed by atoms with E-state index in [-0.39, 0.29) is 6.10 Å². The lowest BCUT2D eigenvalue weighted by Gasteiger charge is -2.17. The predicted molar refractivity (Wildman–Crippen MR) is 80.1 cm³/mol. The van der Waals surface area contributed by atoms with Crippen LogP contribution in [0.15, 0.2) is 6.20 Å². The average molecular weight is 281 g/mol. The van der Waals surface area contributed by atoms with E-state index in [4.69, 9.17) is 9.47 Å². The maximum Gasteiger partial charge on any atom is 0.160 e. The predicted octanol–water partition coefficient (Wildman–Crippen LogP) is 2.51. The van der Waals surface area contributed by atoms with Crippen LogP contribution in [-0.4, -0.2) is 35.8 Å². The van der Waals surface area contributed by atoms with Gasteiger partial charge in [0.15, 0.2) is 5.75 Å². The Hall–Kier alpha value is -1.20. The molecule has 0 radical (unpaired) electrons. The van der Waals surface area contributed by atoms with Crippen molar-refractivity contribution in [3.05, 3.63) is 17.7 Å². The molecule has 0 saturated heterocycles. The van der Waals surface area contributed by atoms with Crippen molar-refractivity contribution < 1.29 is 9.47 Å². The Labute approximate surface area is 122 Å². The van der Waals surface area contributed by atoms with Crippen molar-refractivity contribution >= 4 is 0 Å². The summed E-state index contributed by atoms with van der Waals surface area (Å²) in [7, 11) is 0. The highest BCUT2D eigenvalue weighted by Gasteiger charge is 2.13. The van der Waals surface area contributed by atoms with Crippen LogP contribution in [0.3, 0.4) is 0 Å². The van der Waals surface area contributed by atoms with E-state index in [2.05, 4.69) is 36.1 Å². The molecule has 0 spiro atoms. The van der Waals surface area contributed by atoms with Gasteiger partial charge < -0.3 is 14.8 Å². The second kappa shape index (κ2) is 8.87. The molecule has 0 fully saturated rings. The summed E-state index contributed by atoms with van der Waals surface area (Å²) in [5.41, 5.74) is 0.911. The molecule has 1 aromatic rings. The van der Waals surface area contributed by atoms with Gasteiger partial charge in [-0.3, -0.25) is 0 Å². The number of aromatic nitrogens is 2. The molecule has 1 unspecified atom stereocenters. The van der Waals surface area contributed by atoms with Crippen LogP contribution in [0.25, 0.3) is 0 Å². The van der Waals surface area contributed by atoms with E-state index in [0.717, 1.165) is 23.8 Å². The van der Waals surface area contributed by atoms with Crippen LogP contribution in [-0.2, 0) is 11.3 Å². The van der Waals surface area contributed by atoms with E-state index in [1.807, 2.05) is 13.8 Å². The van der Waals surface area contributed by atoms with Crippen molar-refractivity contribution in [2.45, 2.75) is 53.2 Å². The van der Waals surface area contributed by atoms with E-state index >= 15 is 0 Å². The minimum Gasteiger partial charge on any atom is -0.485 e. The fourth-order valence-electron chi connectivity index (χ4n) is 1.70. The van der Waals surface area contributed by atoms with Gasteiger partial charge in [-0.1, -0.05) is 20.8 Å². The zero-order chi connectivity index (χ0) is 15.0. The Morgan fingerprint density at radius 2 is 2.00 bits per heavy atom. The number of ether oxygens (including phenoxy) is 2. The maximum atomic E-state index is 5.89. The lowest BCUT2D eigenvalue weighted by Crippen LogP contribution is -2.22. The third-order valence-electron chi connectivity index (χ3n) is 2.79. The normalized spacial score (nSPS) is 12.7. The van der Waals surface area contributed by atoms with E-state index in [0.29, 0.717) is 25.7 Å². The molecule has 114 valence electrons. The van der Waals surface area contributed by atoms with E-state index in [1.165, 1.54) is 0 Å². The summed E-state index contributed by atoms with van der Waals surface area (Å²) in [6.07, 6.45) is 1.76. The first kappa shape index (κ1) is 16.9. The van der Waals surface area contributed by atoms with Crippen molar-refractivity contribution in [2.24, 2.45) is 0 Å². The van der Waals surface area contributed by atoms with Crippen molar-refractivity contribution in [3.8, 4) is 5.75 Å². The number of hydrogen-bond donors (Lipinski definition) is 1. The minimum absolute atomic E-state index is 0.0103. The number of rotatable bonds is 9. The Balaban J connectivity index is 2.81. The van der Waals surface area contributed by atoms with Gasteiger partial charge in [-0.2, -0.15) is 0 Å². The lowest BCUT2D eigenvalue weighted by molar-refractivity contribution is 0.0646. The standard InChI is InChI=1S/C15H27N3O2/c1-6-16-8-13-14(20-12(5)10-19-7-2)9-17-15(18-13)11(3)4/h9,11-12,16H,6-8,10H2,1-5H3. The van der Waals surface area contributed by atoms with Gasteiger partial charge in [0.25, 0.3) is 0 Å². The molecule has 0 aliphatic rings. The first-order chi connectivity index (χ1) is 9.58. The quantitative estimate of drug-likeness (QED) is 0.753. The van der Waals surface area contributed by atoms with Crippen molar-refractivity contribution in [2.75, 3.05) is 19.8 Å². The summed E-state index contributed by atoms with van der Waals surface area (Å²) in [4.78, 5) is 8.98. The molecular formula is C15H27N3O2. The lowest BCUT2D eigenvalue weighted by atomic mass is 10.2. The highest BCUT2D eigenvalue weighted by molar-refractivity contribution is 5.25. The molecule has 1 atom stereocenters. The largest absolute Gasteiger partial charge is 0.485 e. The van der Waals surface area contributed by atoms with Crippen LogP contribution in [0.1, 0.15) is 52.1 Å². The van der Waals surface area contributed by atoms with Gasteiger partial charge in [0.1, 0.15) is 11.9 Å². The smallest absolute Gasteiger partial charge is 0.160 e. The molecule has 5 heteroatoms. The van der Waals surface area contributed by atoms with E-state index in [9.17, 15) is 0 Å². The van der Waals surface area contributed by atoms with Crippen molar-refractivity contribution in [1.29, 1.82) is 0 Å². The molecule has 0 bridgehead atoms. The molecule has 0 aromatic carbocycles. The van der Waals surface area contributed by atoms with Gasteiger partial charge in [0, 0.05) is 19.1 Å². The summed E-state index contributed by atoms with van der Waals surface area (Å²) in [5.74, 6) is 1.90. The fraction of sp³-hybridized carbons (Fsp3) is 0.733. The maximum absolute atomic E-state index is 5.89. The Kier molecular flexibility index (Phi) is 7.47. The second-order valence-electron chi connectivity index (χ2n) is 5.06. The molecule has 0 amide bonds. The SMILES string of the molecule is CCNCc1nc(C(C)C)ncc1OC(C)COCC. The zero-order valence-corrected chi connectivity index (χ0v) is 13.3. The van der Waals surface area contributed by atoms with Gasteiger partial charge in [-0.25, -0.2) is 9.97 Å². The van der Waals surface area contributed by atoms with Gasteiger partial charge in [0.05, 0.1) is 18.5 Å². The highest BCUT2D eigenvalue weighted by atomic mass is 16.5. The Morgan fingerprint density at radius 1 is 1.25 bits per heavy atom. The summed E-state index contributed by atoms with van der Waals surface area (Å²) >= 11 is 0. The summed E-state index contributed by atoms with van der Waals surface area (Å²) in [6.45, 7) is 13.1. The molecule has 1 aromatic heterocycles. The minimum atomic E-state index is -0.0103. The number of nitrogens with zero attached hydrogens (tertiary/aromatic N) is 2. The third-order valence-corrected chi connectivity index (χ3v) is 2.79. The molecule has 0 saturated carbocycles. The monoisotopic (exact) mass is 281 g/mol. The number of hydrogen-bond acceptors (Lipinski definition) is 5. The van der Waals surface area contributed by atoms with E-state index < -0.39 is 0 Å². The van der Waals surface area contributed by atoms with Crippen LogP contribution in [0, 0.1) is 0 Å². The third kappa shape index (κ3) is 5.43. The van der Waals surface area contributed by atoms with E-state index in [1.54, 1.807) is 6.20 Å². The van der Waals surface area contributed by atoms with Crippen molar-refractivity contribution in [3.63, 3.8) is 0 Å². The van der Waals surface area contributed by atoms with Crippen LogP contribution in [0.5, 0.6) is 5.75 Å². The number of nitrogens with one attached hydrogen (secondary N) is 1. The van der Waals surface area contributed by atoms with Gasteiger partial charge >= 0.3 is 0 Å². The Bertz CT molecular complexity index is 397. The molecule has 1 rings (SSSR count). The summed E-state index contributed by atoms with van der Waals surface area (Å²) < 4.78 is 11.3. The van der Waals surface area contributed by atoms with Crippen molar-refractivity contribution in [1.82, 2.24) is 15.3 Å². The first-order valence-electron chi connectivity index (χ1n) is 7.39. The molecular weight excluding hydrogens is 254 g/mol. The van der Waals surface area contributed by atoms with Crippen LogP contribution in [0.4, 0.5) is 0 Å². The second-order valence-corrected chi connectivity index (χ2v) is 5.06. The molecule has 0 aliphatic heterocycles. The van der Waals surface area contributed by atoms with Gasteiger partial charge in [-0.15, -0.1) is 0 Å². The summed E-state index contributed by atoms with van der Waals surface area (Å²) in [5, 5.41) is 3.29. The van der Waals surface area contributed by atoms with Crippen LogP contribution >= 0.6 is 0 Å².